The number of nitrogens with zero attached hydrogens (tertiary/aromatic N) is 3. The van der Waals surface area contributed by atoms with Crippen LogP contribution < -0.4 is 20.3 Å². The number of halogens is 1. The Labute approximate surface area is 249 Å². The third kappa shape index (κ3) is 7.47. The van der Waals surface area contributed by atoms with E-state index in [-0.39, 0.29) is 18.1 Å². The van der Waals surface area contributed by atoms with Crippen molar-refractivity contribution in [2.75, 3.05) is 33.9 Å². The fraction of sp³-hybridized carbons (Fsp3) is 0.387. The molecular formula is C31H37ClN4O4S. The summed E-state index contributed by atoms with van der Waals surface area (Å²) in [6, 6.07) is 7.62. The van der Waals surface area contributed by atoms with Crippen molar-refractivity contribution < 1.29 is 14.3 Å². The van der Waals surface area contributed by atoms with Gasteiger partial charge in [0.15, 0.2) is 18.1 Å². The van der Waals surface area contributed by atoms with E-state index in [1.54, 1.807) is 18.2 Å². The molecule has 1 N–H and O–H groups in total. The molecule has 3 aromatic rings. The number of benzene rings is 1. The van der Waals surface area contributed by atoms with Crippen molar-refractivity contribution in [1.82, 2.24) is 19.8 Å². The van der Waals surface area contributed by atoms with Crippen molar-refractivity contribution in [2.24, 2.45) is 0 Å². The van der Waals surface area contributed by atoms with Crippen LogP contribution in [0.4, 0.5) is 0 Å². The van der Waals surface area contributed by atoms with Crippen LogP contribution in [0.25, 0.3) is 21.5 Å². The molecule has 1 saturated heterocycles. The second kappa shape index (κ2) is 14.5. The number of hydrogen-bond donors (Lipinski definition) is 1. The maximum Gasteiger partial charge on any atom is 0.275 e. The maximum absolute atomic E-state index is 13.4. The Kier molecular flexibility index (Phi) is 10.8. The smallest absolute Gasteiger partial charge is 0.275 e. The number of nitrogens with one attached hydrogen (secondary N) is 1. The minimum absolute atomic E-state index is 0.118. The highest BCUT2D eigenvalue weighted by Gasteiger charge is 2.20. The quantitative estimate of drug-likeness (QED) is 0.330. The molecule has 1 aromatic carbocycles. The SMILES string of the molecule is CC.COc1cc(-n2cnc3cc(C4=CC=C(Cl)C=CC4)sc3c2=O)ccc1OCC(=O)NCCC1CCCN1C. The number of carbonyl (C=O) groups is 1. The van der Waals surface area contributed by atoms with Crippen LogP contribution in [-0.4, -0.2) is 60.3 Å². The van der Waals surface area contributed by atoms with Gasteiger partial charge >= 0.3 is 0 Å². The largest absolute Gasteiger partial charge is 0.493 e. The molecule has 41 heavy (non-hydrogen) atoms. The van der Waals surface area contributed by atoms with Gasteiger partial charge < -0.3 is 19.7 Å². The van der Waals surface area contributed by atoms with E-state index in [2.05, 4.69) is 22.2 Å². The summed E-state index contributed by atoms with van der Waals surface area (Å²) in [4.78, 5) is 33.6. The summed E-state index contributed by atoms with van der Waals surface area (Å²) in [6.45, 7) is 5.62. The second-order valence-electron chi connectivity index (χ2n) is 9.63. The van der Waals surface area contributed by atoms with Crippen molar-refractivity contribution in [3.05, 3.63) is 75.2 Å². The van der Waals surface area contributed by atoms with Crippen LogP contribution in [-0.2, 0) is 4.79 Å². The molecule has 1 fully saturated rings. The van der Waals surface area contributed by atoms with Crippen molar-refractivity contribution in [3.63, 3.8) is 0 Å². The number of allylic oxidation sites excluding steroid dienone is 6. The number of rotatable bonds is 9. The number of hydrogen-bond acceptors (Lipinski definition) is 7. The number of aromatic nitrogens is 2. The summed E-state index contributed by atoms with van der Waals surface area (Å²) in [5, 5.41) is 3.60. The zero-order chi connectivity index (χ0) is 29.4. The number of likely N-dealkylation sites (tertiary alicyclic amines) is 1. The Morgan fingerprint density at radius 3 is 2.80 bits per heavy atom. The zero-order valence-corrected chi connectivity index (χ0v) is 25.6. The van der Waals surface area contributed by atoms with Gasteiger partial charge in [-0.15, -0.1) is 11.3 Å². The van der Waals surface area contributed by atoms with Gasteiger partial charge in [-0.05, 0) is 75.2 Å². The van der Waals surface area contributed by atoms with Crippen molar-refractivity contribution in [1.29, 1.82) is 0 Å². The average molecular weight is 597 g/mol. The molecule has 1 atom stereocenters. The molecule has 1 unspecified atom stereocenters. The molecule has 8 nitrogen and oxygen atoms in total. The molecule has 0 radical (unpaired) electrons. The van der Waals surface area contributed by atoms with E-state index in [1.807, 2.05) is 44.2 Å². The molecule has 0 saturated carbocycles. The first-order valence-corrected chi connectivity index (χ1v) is 15.1. The molecule has 0 bridgehead atoms. The highest BCUT2D eigenvalue weighted by Crippen LogP contribution is 2.32. The van der Waals surface area contributed by atoms with E-state index >= 15 is 0 Å². The van der Waals surface area contributed by atoms with Gasteiger partial charge in [0.05, 0.1) is 18.3 Å². The molecule has 3 heterocycles. The van der Waals surface area contributed by atoms with Crippen LogP contribution in [0.3, 0.4) is 0 Å². The van der Waals surface area contributed by atoms with Crippen molar-refractivity contribution in [2.45, 2.75) is 45.6 Å². The van der Waals surface area contributed by atoms with Gasteiger partial charge in [0, 0.05) is 28.6 Å². The molecule has 10 heteroatoms. The minimum atomic E-state index is -0.182. The summed E-state index contributed by atoms with van der Waals surface area (Å²) in [5.41, 5.74) is 2.15. The first-order valence-electron chi connectivity index (χ1n) is 14.0. The molecule has 2 aliphatic rings. The van der Waals surface area contributed by atoms with Crippen LogP contribution in [0.2, 0.25) is 0 Å². The standard InChI is InChI=1S/C29H31ClN4O4S.C2H6/c1-33-14-4-7-21(33)12-13-31-27(35)17-38-24-11-10-22(15-25(24)37-2)34-18-32-23-16-26(39-28(23)29(34)36)19-5-3-6-20(30)9-8-19;1-2/h3,6,8-11,15-16,18,21H,4-5,7,12-14,17H2,1-2H3,(H,31,35);1-2H3. The van der Waals surface area contributed by atoms with Gasteiger partial charge in [0.2, 0.25) is 0 Å². The summed E-state index contributed by atoms with van der Waals surface area (Å²) in [6.07, 6.45) is 13.3. The number of methoxy groups -OCH3 is 1. The third-order valence-corrected chi connectivity index (χ3v) is 8.51. The first kappa shape index (κ1) is 30.6. The molecular weight excluding hydrogens is 560 g/mol. The number of fused-ring (bicyclic) bond motifs is 1. The summed E-state index contributed by atoms with van der Waals surface area (Å²) >= 11 is 7.53. The van der Waals surface area contributed by atoms with Gasteiger partial charge in [-0.2, -0.15) is 0 Å². The molecule has 2 aromatic heterocycles. The van der Waals surface area contributed by atoms with E-state index in [4.69, 9.17) is 21.1 Å². The van der Waals surface area contributed by atoms with Gasteiger partial charge in [0.25, 0.3) is 11.5 Å². The lowest BCUT2D eigenvalue weighted by Crippen LogP contribution is -2.34. The van der Waals surface area contributed by atoms with E-state index in [9.17, 15) is 9.59 Å². The van der Waals surface area contributed by atoms with Gasteiger partial charge in [-0.3, -0.25) is 14.2 Å². The molecule has 5 rings (SSSR count). The van der Waals surface area contributed by atoms with Gasteiger partial charge in [-0.25, -0.2) is 4.98 Å². The van der Waals surface area contributed by atoms with E-state index in [0.29, 0.717) is 45.0 Å². The number of amides is 1. The first-order chi connectivity index (χ1) is 19.9. The summed E-state index contributed by atoms with van der Waals surface area (Å²) in [7, 11) is 3.65. The predicted molar refractivity (Wildman–Crippen MR) is 168 cm³/mol. The monoisotopic (exact) mass is 596 g/mol. The fourth-order valence-corrected chi connectivity index (χ4v) is 6.11. The highest BCUT2D eigenvalue weighted by molar-refractivity contribution is 7.19. The summed E-state index contributed by atoms with van der Waals surface area (Å²) in [5.74, 6) is 0.663. The van der Waals surface area contributed by atoms with Crippen LogP contribution >= 0.6 is 22.9 Å². The van der Waals surface area contributed by atoms with E-state index in [0.717, 1.165) is 29.8 Å². The third-order valence-electron chi connectivity index (χ3n) is 7.07. The second-order valence-corrected chi connectivity index (χ2v) is 11.1. The van der Waals surface area contributed by atoms with Crippen molar-refractivity contribution in [3.8, 4) is 17.2 Å². The number of thiophene rings is 1. The van der Waals surface area contributed by atoms with E-state index < -0.39 is 0 Å². The van der Waals surface area contributed by atoms with Crippen LogP contribution in [0, 0.1) is 0 Å². The number of carbonyl (C=O) groups excluding carboxylic acids is 1. The molecule has 0 spiro atoms. The Morgan fingerprint density at radius 1 is 1.22 bits per heavy atom. The molecule has 218 valence electrons. The Bertz CT molecular complexity index is 1520. The molecule has 1 aliphatic carbocycles. The lowest BCUT2D eigenvalue weighted by Gasteiger charge is -2.19. The topological polar surface area (TPSA) is 85.7 Å². The zero-order valence-electron chi connectivity index (χ0n) is 24.0. The van der Waals surface area contributed by atoms with Gasteiger partial charge in [0.1, 0.15) is 11.0 Å². The lowest BCUT2D eigenvalue weighted by atomic mass is 10.1. The fourth-order valence-electron chi connectivity index (χ4n) is 4.88. The normalized spacial score (nSPS) is 16.9. The van der Waals surface area contributed by atoms with Crippen LogP contribution in [0.1, 0.15) is 44.4 Å². The predicted octanol–water partition coefficient (Wildman–Crippen LogP) is 5.93. The highest BCUT2D eigenvalue weighted by atomic mass is 35.5. The Morgan fingerprint density at radius 2 is 2.05 bits per heavy atom. The minimum Gasteiger partial charge on any atom is -0.493 e. The average Bonchev–Trinajstić information content (AvgIpc) is 3.54. The number of ether oxygens (including phenoxy) is 2. The lowest BCUT2D eigenvalue weighted by molar-refractivity contribution is -0.123. The maximum atomic E-state index is 13.4. The van der Waals surface area contributed by atoms with Crippen molar-refractivity contribution >= 4 is 44.6 Å². The van der Waals surface area contributed by atoms with Crippen LogP contribution in [0.15, 0.2) is 64.7 Å². The summed E-state index contributed by atoms with van der Waals surface area (Å²) < 4.78 is 13.3. The molecule has 1 amide bonds. The molecule has 1 aliphatic heterocycles. The van der Waals surface area contributed by atoms with Gasteiger partial charge in [-0.1, -0.05) is 37.6 Å². The van der Waals surface area contributed by atoms with E-state index in [1.165, 1.54) is 42.2 Å². The van der Waals surface area contributed by atoms with Crippen LogP contribution in [0.5, 0.6) is 11.5 Å². The Balaban J connectivity index is 0.00000189. The Hall–Kier alpha value is -3.40.